The van der Waals surface area contributed by atoms with Crippen LogP contribution >= 0.6 is 24.0 Å². The van der Waals surface area contributed by atoms with Crippen LogP contribution in [-0.2, 0) is 4.79 Å². The molecule has 0 atom stereocenters. The second-order valence-corrected chi connectivity index (χ2v) is 8.88. The van der Waals surface area contributed by atoms with E-state index in [2.05, 4.69) is 5.32 Å². The van der Waals surface area contributed by atoms with E-state index in [1.165, 1.54) is 30.9 Å². The van der Waals surface area contributed by atoms with Gasteiger partial charge in [-0.25, -0.2) is 0 Å². The Bertz CT molecular complexity index is 1140. The van der Waals surface area contributed by atoms with Gasteiger partial charge < -0.3 is 24.3 Å². The van der Waals surface area contributed by atoms with E-state index in [0.717, 1.165) is 11.1 Å². The summed E-state index contributed by atoms with van der Waals surface area (Å²) in [7, 11) is 3.07. The third-order valence-corrected chi connectivity index (χ3v) is 6.58. The maximum absolute atomic E-state index is 12.9. The molecule has 0 saturated carbocycles. The predicted octanol–water partition coefficient (Wildman–Crippen LogP) is 3.37. The Balaban J connectivity index is 1.38. The van der Waals surface area contributed by atoms with Gasteiger partial charge in [0.25, 0.3) is 11.8 Å². The van der Waals surface area contributed by atoms with Crippen molar-refractivity contribution < 1.29 is 28.5 Å². The zero-order valence-corrected chi connectivity index (χ0v) is 19.9. The zero-order valence-electron chi connectivity index (χ0n) is 18.3. The molecule has 0 aliphatic carbocycles. The van der Waals surface area contributed by atoms with Gasteiger partial charge >= 0.3 is 0 Å². The van der Waals surface area contributed by atoms with E-state index < -0.39 is 0 Å². The highest BCUT2D eigenvalue weighted by Gasteiger charge is 2.32. The number of thiocarbonyl (C=S) groups is 1. The van der Waals surface area contributed by atoms with Crippen molar-refractivity contribution in [2.24, 2.45) is 0 Å². The molecule has 2 aromatic carbocycles. The molecule has 172 valence electrons. The number of carbonyl (C=O) groups is 2. The second-order valence-electron chi connectivity index (χ2n) is 7.21. The van der Waals surface area contributed by atoms with Crippen LogP contribution in [0.2, 0.25) is 0 Å². The molecule has 1 saturated heterocycles. The summed E-state index contributed by atoms with van der Waals surface area (Å²) in [6.07, 6.45) is 1.77. The number of amides is 2. The maximum atomic E-state index is 12.9. The number of hydrogen-bond donors (Lipinski definition) is 1. The molecule has 8 nitrogen and oxygen atoms in total. The summed E-state index contributed by atoms with van der Waals surface area (Å²) in [6.45, 7) is 2.54. The van der Waals surface area contributed by atoms with E-state index in [1.807, 2.05) is 19.1 Å². The number of nitrogens with one attached hydrogen (secondary N) is 1. The first kappa shape index (κ1) is 22.9. The third-order valence-electron chi connectivity index (χ3n) is 5.20. The summed E-state index contributed by atoms with van der Waals surface area (Å²) in [5.41, 5.74) is 2.03. The van der Waals surface area contributed by atoms with Crippen LogP contribution in [0.15, 0.2) is 35.2 Å². The van der Waals surface area contributed by atoms with Crippen molar-refractivity contribution in [2.45, 2.75) is 6.92 Å². The Morgan fingerprint density at radius 3 is 2.58 bits per heavy atom. The Morgan fingerprint density at radius 2 is 1.88 bits per heavy atom. The summed E-state index contributed by atoms with van der Waals surface area (Å²) < 4.78 is 21.8. The van der Waals surface area contributed by atoms with Crippen LogP contribution in [-0.4, -0.2) is 55.1 Å². The molecule has 0 aromatic heterocycles. The SMILES string of the molecule is COc1cc(C(=O)NCCN2C(=O)C(=Cc3ccc4c(c3)OCO4)SC2=S)cc(OC)c1C. The normalized spacial score (nSPS) is 15.8. The van der Waals surface area contributed by atoms with Gasteiger partial charge in [0, 0.05) is 24.2 Å². The molecule has 0 unspecified atom stereocenters. The smallest absolute Gasteiger partial charge is 0.266 e. The minimum absolute atomic E-state index is 0.189. The highest BCUT2D eigenvalue weighted by molar-refractivity contribution is 8.26. The second kappa shape index (κ2) is 9.72. The van der Waals surface area contributed by atoms with Crippen molar-refractivity contribution >= 4 is 46.2 Å². The van der Waals surface area contributed by atoms with Crippen LogP contribution in [0.25, 0.3) is 6.08 Å². The van der Waals surface area contributed by atoms with Crippen molar-refractivity contribution in [1.82, 2.24) is 10.2 Å². The van der Waals surface area contributed by atoms with Crippen LogP contribution in [0.4, 0.5) is 0 Å². The molecule has 2 aromatic rings. The molecule has 33 heavy (non-hydrogen) atoms. The van der Waals surface area contributed by atoms with E-state index in [4.69, 9.17) is 31.2 Å². The first-order chi connectivity index (χ1) is 15.9. The maximum Gasteiger partial charge on any atom is 0.266 e. The van der Waals surface area contributed by atoms with Crippen molar-refractivity contribution in [1.29, 1.82) is 0 Å². The van der Waals surface area contributed by atoms with Crippen LogP contribution in [0, 0.1) is 6.92 Å². The van der Waals surface area contributed by atoms with Crippen LogP contribution in [0.1, 0.15) is 21.5 Å². The molecule has 2 aliphatic rings. The molecule has 0 bridgehead atoms. The van der Waals surface area contributed by atoms with Gasteiger partial charge in [0.2, 0.25) is 6.79 Å². The number of nitrogens with zero attached hydrogens (tertiary/aromatic N) is 1. The van der Waals surface area contributed by atoms with Crippen molar-refractivity contribution in [3.63, 3.8) is 0 Å². The van der Waals surface area contributed by atoms with Crippen molar-refractivity contribution in [2.75, 3.05) is 34.1 Å². The van der Waals surface area contributed by atoms with E-state index in [9.17, 15) is 9.59 Å². The molecule has 10 heteroatoms. The topological polar surface area (TPSA) is 86.3 Å². The fourth-order valence-corrected chi connectivity index (χ4v) is 4.76. The molecule has 2 aliphatic heterocycles. The molecule has 1 fully saturated rings. The fourth-order valence-electron chi connectivity index (χ4n) is 3.45. The highest BCUT2D eigenvalue weighted by Crippen LogP contribution is 2.36. The lowest BCUT2D eigenvalue weighted by atomic mass is 10.1. The Kier molecular flexibility index (Phi) is 6.75. The Morgan fingerprint density at radius 1 is 1.18 bits per heavy atom. The predicted molar refractivity (Wildman–Crippen MR) is 129 cm³/mol. The number of carbonyl (C=O) groups excluding carboxylic acids is 2. The molecule has 0 spiro atoms. The summed E-state index contributed by atoms with van der Waals surface area (Å²) >= 11 is 6.61. The number of benzene rings is 2. The Labute approximate surface area is 200 Å². The average Bonchev–Trinajstić information content (AvgIpc) is 3.38. The molecule has 1 N–H and O–H groups in total. The zero-order chi connectivity index (χ0) is 23.5. The van der Waals surface area contributed by atoms with Gasteiger partial charge in [-0.1, -0.05) is 30.0 Å². The lowest BCUT2D eigenvalue weighted by Gasteiger charge is -2.16. The molecule has 2 heterocycles. The number of hydrogen-bond acceptors (Lipinski definition) is 8. The van der Waals surface area contributed by atoms with Crippen LogP contribution in [0.3, 0.4) is 0 Å². The molecule has 2 amide bonds. The third kappa shape index (κ3) is 4.76. The van der Waals surface area contributed by atoms with Gasteiger partial charge in [0.1, 0.15) is 15.8 Å². The van der Waals surface area contributed by atoms with Crippen LogP contribution < -0.4 is 24.3 Å². The van der Waals surface area contributed by atoms with E-state index in [0.29, 0.717) is 37.8 Å². The van der Waals surface area contributed by atoms with E-state index >= 15 is 0 Å². The summed E-state index contributed by atoms with van der Waals surface area (Å²) in [4.78, 5) is 27.5. The monoisotopic (exact) mass is 486 g/mol. The quantitative estimate of drug-likeness (QED) is 0.471. The first-order valence-corrected chi connectivity index (χ1v) is 11.3. The number of rotatable bonds is 7. The summed E-state index contributed by atoms with van der Waals surface area (Å²) in [6, 6.07) is 8.78. The molecular formula is C23H22N2O6S2. The van der Waals surface area contributed by atoms with Gasteiger partial charge in [0.15, 0.2) is 11.5 Å². The average molecular weight is 487 g/mol. The largest absolute Gasteiger partial charge is 0.496 e. The van der Waals surface area contributed by atoms with E-state index in [-0.39, 0.29) is 31.7 Å². The van der Waals surface area contributed by atoms with Crippen LogP contribution in [0.5, 0.6) is 23.0 Å². The number of thioether (sulfide) groups is 1. The summed E-state index contributed by atoms with van der Waals surface area (Å²) in [5.74, 6) is 1.95. The first-order valence-electron chi connectivity index (χ1n) is 10.1. The van der Waals surface area contributed by atoms with Gasteiger partial charge in [-0.05, 0) is 42.8 Å². The molecule has 0 radical (unpaired) electrons. The highest BCUT2D eigenvalue weighted by atomic mass is 32.2. The molecule has 4 rings (SSSR count). The van der Waals surface area contributed by atoms with Crippen molar-refractivity contribution in [3.05, 3.63) is 51.9 Å². The van der Waals surface area contributed by atoms with Crippen molar-refractivity contribution in [3.8, 4) is 23.0 Å². The standard InChI is InChI=1S/C23H22N2O6S2/c1-13-17(28-2)10-15(11-18(13)29-3)21(26)24-6-7-25-22(27)20(33-23(25)32)9-14-4-5-16-19(8-14)31-12-30-16/h4-5,8-11H,6-7,12H2,1-3H3,(H,24,26). The lowest BCUT2D eigenvalue weighted by molar-refractivity contribution is -0.122. The number of ether oxygens (including phenoxy) is 4. The van der Waals surface area contributed by atoms with Gasteiger partial charge in [-0.2, -0.15) is 0 Å². The fraction of sp³-hybridized carbons (Fsp3) is 0.261. The van der Waals surface area contributed by atoms with Gasteiger partial charge in [0.05, 0.1) is 19.1 Å². The van der Waals surface area contributed by atoms with Gasteiger partial charge in [-0.15, -0.1) is 0 Å². The minimum atomic E-state index is -0.298. The Hall–Kier alpha value is -3.24. The number of fused-ring (bicyclic) bond motifs is 1. The van der Waals surface area contributed by atoms with Gasteiger partial charge in [-0.3, -0.25) is 14.5 Å². The lowest BCUT2D eigenvalue weighted by Crippen LogP contribution is -2.37. The van der Waals surface area contributed by atoms with E-state index in [1.54, 1.807) is 24.3 Å². The minimum Gasteiger partial charge on any atom is -0.496 e. The summed E-state index contributed by atoms with van der Waals surface area (Å²) in [5, 5.41) is 2.82. The number of methoxy groups -OCH3 is 2. The molecular weight excluding hydrogens is 464 g/mol.